The Hall–Kier alpha value is -2.50. The molecule has 0 saturated carbocycles. The summed E-state index contributed by atoms with van der Waals surface area (Å²) >= 11 is 0. The van der Waals surface area contributed by atoms with E-state index in [1.54, 1.807) is 12.3 Å². The predicted molar refractivity (Wildman–Crippen MR) is 82.3 cm³/mol. The van der Waals surface area contributed by atoms with Gasteiger partial charge in [0.1, 0.15) is 5.60 Å². The standard InChI is InChI=1S/C15H19N3O3/c1-9-5-6-11(18-14(19)21-15(2,3)4)13-12(9)10(7-16-13)8-17-20/h5-8,16,20H,1-4H3,(H,18,19)/b17-8+. The van der Waals surface area contributed by atoms with Crippen molar-refractivity contribution in [3.8, 4) is 0 Å². The van der Waals surface area contributed by atoms with Gasteiger partial charge in [0.05, 0.1) is 17.4 Å². The number of ether oxygens (including phenoxy) is 1. The van der Waals surface area contributed by atoms with Crippen molar-refractivity contribution < 1.29 is 14.7 Å². The van der Waals surface area contributed by atoms with Crippen LogP contribution < -0.4 is 5.32 Å². The summed E-state index contributed by atoms with van der Waals surface area (Å²) in [6.45, 7) is 7.37. The number of H-pyrrole nitrogens is 1. The fourth-order valence-electron chi connectivity index (χ4n) is 2.13. The van der Waals surface area contributed by atoms with Crippen LogP contribution >= 0.6 is 0 Å². The Bertz CT molecular complexity index is 696. The third-order valence-corrected chi connectivity index (χ3v) is 2.91. The molecule has 0 saturated heterocycles. The number of benzene rings is 1. The van der Waals surface area contributed by atoms with Crippen molar-refractivity contribution in [2.24, 2.45) is 5.16 Å². The Labute approximate surface area is 122 Å². The Morgan fingerprint density at radius 3 is 2.76 bits per heavy atom. The molecular weight excluding hydrogens is 270 g/mol. The largest absolute Gasteiger partial charge is 0.444 e. The Morgan fingerprint density at radius 1 is 1.43 bits per heavy atom. The van der Waals surface area contributed by atoms with Crippen molar-refractivity contribution in [1.82, 2.24) is 4.98 Å². The van der Waals surface area contributed by atoms with Crippen molar-refractivity contribution >= 4 is 28.9 Å². The van der Waals surface area contributed by atoms with Crippen LogP contribution in [0.25, 0.3) is 10.9 Å². The van der Waals surface area contributed by atoms with Gasteiger partial charge in [0.2, 0.25) is 0 Å². The van der Waals surface area contributed by atoms with Gasteiger partial charge < -0.3 is 14.9 Å². The maximum Gasteiger partial charge on any atom is 0.412 e. The summed E-state index contributed by atoms with van der Waals surface area (Å²) in [5, 5.41) is 15.4. The number of nitrogens with zero attached hydrogens (tertiary/aromatic N) is 1. The summed E-state index contributed by atoms with van der Waals surface area (Å²) in [7, 11) is 0. The molecule has 0 aliphatic heterocycles. The van der Waals surface area contributed by atoms with Crippen molar-refractivity contribution in [1.29, 1.82) is 0 Å². The first-order valence-electron chi connectivity index (χ1n) is 6.60. The van der Waals surface area contributed by atoms with E-state index in [4.69, 9.17) is 9.94 Å². The van der Waals surface area contributed by atoms with Crippen LogP contribution in [0.4, 0.5) is 10.5 Å². The number of aryl methyl sites for hydroxylation is 1. The zero-order valence-electron chi connectivity index (χ0n) is 12.5. The lowest BCUT2D eigenvalue weighted by Gasteiger charge is -2.20. The zero-order valence-corrected chi connectivity index (χ0v) is 12.5. The van der Waals surface area contributed by atoms with Crippen molar-refractivity contribution in [2.75, 3.05) is 5.32 Å². The second-order valence-corrected chi connectivity index (χ2v) is 5.80. The topological polar surface area (TPSA) is 86.7 Å². The van der Waals surface area contributed by atoms with Crippen LogP contribution in [0.2, 0.25) is 0 Å². The smallest absolute Gasteiger partial charge is 0.412 e. The molecule has 0 spiro atoms. The van der Waals surface area contributed by atoms with Gasteiger partial charge in [-0.15, -0.1) is 0 Å². The van der Waals surface area contributed by atoms with Gasteiger partial charge in [0.25, 0.3) is 0 Å². The highest BCUT2D eigenvalue weighted by atomic mass is 16.6. The average Bonchev–Trinajstić information content (AvgIpc) is 2.76. The third-order valence-electron chi connectivity index (χ3n) is 2.91. The summed E-state index contributed by atoms with van der Waals surface area (Å²) in [6, 6.07) is 3.69. The molecule has 2 aromatic rings. The summed E-state index contributed by atoms with van der Waals surface area (Å²) < 4.78 is 5.24. The van der Waals surface area contributed by atoms with E-state index in [9.17, 15) is 4.79 Å². The van der Waals surface area contributed by atoms with Gasteiger partial charge >= 0.3 is 6.09 Å². The van der Waals surface area contributed by atoms with Crippen molar-refractivity contribution in [3.63, 3.8) is 0 Å². The molecule has 1 amide bonds. The number of hydrogen-bond donors (Lipinski definition) is 3. The quantitative estimate of drug-likeness (QED) is 0.448. The van der Waals surface area contributed by atoms with Crippen LogP contribution in [0.3, 0.4) is 0 Å². The number of carbonyl (C=O) groups is 1. The molecule has 0 radical (unpaired) electrons. The number of nitrogens with one attached hydrogen (secondary N) is 2. The maximum absolute atomic E-state index is 11.9. The normalized spacial score (nSPS) is 12.0. The molecule has 0 atom stereocenters. The summed E-state index contributed by atoms with van der Waals surface area (Å²) in [6.07, 6.45) is 2.56. The van der Waals surface area contributed by atoms with Crippen LogP contribution in [0.1, 0.15) is 31.9 Å². The van der Waals surface area contributed by atoms with Gasteiger partial charge in [0.15, 0.2) is 0 Å². The van der Waals surface area contributed by atoms with E-state index in [0.717, 1.165) is 22.0 Å². The second kappa shape index (κ2) is 5.47. The third kappa shape index (κ3) is 3.34. The van der Waals surface area contributed by atoms with E-state index in [0.29, 0.717) is 5.69 Å². The first kappa shape index (κ1) is 14.9. The molecule has 1 aromatic carbocycles. The summed E-state index contributed by atoms with van der Waals surface area (Å²) in [5.41, 5.74) is 2.57. The highest BCUT2D eigenvalue weighted by molar-refractivity contribution is 6.07. The van der Waals surface area contributed by atoms with Gasteiger partial charge in [0, 0.05) is 17.1 Å². The molecule has 21 heavy (non-hydrogen) atoms. The average molecular weight is 289 g/mol. The number of rotatable bonds is 2. The van der Waals surface area contributed by atoms with E-state index < -0.39 is 11.7 Å². The van der Waals surface area contributed by atoms with E-state index in [-0.39, 0.29) is 0 Å². The molecule has 6 nitrogen and oxygen atoms in total. The highest BCUT2D eigenvalue weighted by Gasteiger charge is 2.18. The van der Waals surface area contributed by atoms with Gasteiger partial charge in [-0.2, -0.15) is 0 Å². The Morgan fingerprint density at radius 2 is 2.14 bits per heavy atom. The number of oxime groups is 1. The SMILES string of the molecule is Cc1ccc(NC(=O)OC(C)(C)C)c2[nH]cc(/C=N/O)c12. The summed E-state index contributed by atoms with van der Waals surface area (Å²) in [4.78, 5) is 15.0. The van der Waals surface area contributed by atoms with Crippen molar-refractivity contribution in [2.45, 2.75) is 33.3 Å². The molecule has 0 unspecified atom stereocenters. The van der Waals surface area contributed by atoms with Crippen LogP contribution in [0.5, 0.6) is 0 Å². The number of hydrogen-bond acceptors (Lipinski definition) is 4. The minimum absolute atomic E-state index is 0.514. The lowest BCUT2D eigenvalue weighted by Crippen LogP contribution is -2.27. The first-order valence-corrected chi connectivity index (χ1v) is 6.60. The van der Waals surface area contributed by atoms with Gasteiger partial charge in [-0.1, -0.05) is 11.2 Å². The Balaban J connectivity index is 2.38. The maximum atomic E-state index is 11.9. The highest BCUT2D eigenvalue weighted by Crippen LogP contribution is 2.28. The van der Waals surface area contributed by atoms with Gasteiger partial charge in [-0.3, -0.25) is 5.32 Å². The zero-order chi connectivity index (χ0) is 15.6. The number of amides is 1. The van der Waals surface area contributed by atoms with Crippen LogP contribution in [-0.2, 0) is 4.74 Å². The molecule has 0 aliphatic rings. The van der Waals surface area contributed by atoms with E-state index in [2.05, 4.69) is 15.5 Å². The molecule has 0 fully saturated rings. The lowest BCUT2D eigenvalue weighted by atomic mass is 10.1. The van der Waals surface area contributed by atoms with Gasteiger partial charge in [-0.05, 0) is 39.3 Å². The van der Waals surface area contributed by atoms with E-state index in [1.807, 2.05) is 33.8 Å². The monoisotopic (exact) mass is 289 g/mol. The van der Waals surface area contributed by atoms with Crippen LogP contribution in [-0.4, -0.2) is 28.1 Å². The molecular formula is C15H19N3O3. The Kier molecular flexibility index (Phi) is 3.88. The number of fused-ring (bicyclic) bond motifs is 1. The minimum atomic E-state index is -0.557. The van der Waals surface area contributed by atoms with Gasteiger partial charge in [-0.25, -0.2) is 4.79 Å². The fraction of sp³-hybridized carbons (Fsp3) is 0.333. The molecule has 6 heteroatoms. The number of carbonyl (C=O) groups excluding carboxylic acids is 1. The molecule has 0 bridgehead atoms. The minimum Gasteiger partial charge on any atom is -0.444 e. The number of aromatic amines is 1. The molecule has 1 heterocycles. The van der Waals surface area contributed by atoms with Crippen molar-refractivity contribution in [3.05, 3.63) is 29.5 Å². The van der Waals surface area contributed by atoms with Crippen LogP contribution in [0.15, 0.2) is 23.5 Å². The molecule has 3 N–H and O–H groups in total. The molecule has 2 rings (SSSR count). The fourth-order valence-corrected chi connectivity index (χ4v) is 2.13. The van der Waals surface area contributed by atoms with Crippen LogP contribution in [0, 0.1) is 6.92 Å². The molecule has 1 aromatic heterocycles. The number of anilines is 1. The predicted octanol–water partition coefficient (Wildman–Crippen LogP) is 3.63. The lowest BCUT2D eigenvalue weighted by molar-refractivity contribution is 0.0636. The number of aromatic nitrogens is 1. The first-order chi connectivity index (χ1) is 9.81. The van der Waals surface area contributed by atoms with E-state index in [1.165, 1.54) is 6.21 Å². The molecule has 0 aliphatic carbocycles. The summed E-state index contributed by atoms with van der Waals surface area (Å²) in [5.74, 6) is 0. The second-order valence-electron chi connectivity index (χ2n) is 5.80. The van der Waals surface area contributed by atoms with E-state index >= 15 is 0 Å². The molecule has 112 valence electrons.